The van der Waals surface area contributed by atoms with Gasteiger partial charge in [0.25, 0.3) is 0 Å². The number of hydrogen-bond acceptors (Lipinski definition) is 7. The number of hydrogen-bond donors (Lipinski definition) is 2. The molecular weight excluding hydrogens is 332 g/mol. The monoisotopic (exact) mass is 352 g/mol. The largest absolute Gasteiger partial charge is 0.497 e. The average Bonchev–Trinajstić information content (AvgIpc) is 3.01. The molecular formula is C15H20N4O2S2. The van der Waals surface area contributed by atoms with E-state index >= 15 is 0 Å². The summed E-state index contributed by atoms with van der Waals surface area (Å²) in [6, 6.07) is 7.76. The minimum Gasteiger partial charge on any atom is -0.497 e. The lowest BCUT2D eigenvalue weighted by Crippen LogP contribution is -2.33. The Morgan fingerprint density at radius 2 is 2.09 bits per heavy atom. The van der Waals surface area contributed by atoms with Gasteiger partial charge in [0.05, 0.1) is 12.9 Å². The molecule has 1 amide bonds. The average molecular weight is 352 g/mol. The van der Waals surface area contributed by atoms with Crippen LogP contribution in [0.25, 0.3) is 0 Å². The molecule has 0 saturated heterocycles. The molecule has 0 aliphatic rings. The van der Waals surface area contributed by atoms with Crippen LogP contribution >= 0.6 is 23.1 Å². The number of carbonyl (C=O) groups excluding carboxylic acids is 1. The van der Waals surface area contributed by atoms with Crippen LogP contribution in [0.1, 0.15) is 20.3 Å². The number of aromatic nitrogens is 2. The Hall–Kier alpha value is -1.80. The van der Waals surface area contributed by atoms with Gasteiger partial charge in [0.2, 0.25) is 11.0 Å². The number of benzene rings is 1. The van der Waals surface area contributed by atoms with Crippen molar-refractivity contribution in [1.29, 1.82) is 0 Å². The van der Waals surface area contributed by atoms with E-state index in [1.165, 1.54) is 23.1 Å². The van der Waals surface area contributed by atoms with E-state index < -0.39 is 0 Å². The summed E-state index contributed by atoms with van der Waals surface area (Å²) < 4.78 is 5.88. The van der Waals surface area contributed by atoms with E-state index in [1.54, 1.807) is 7.11 Å². The van der Waals surface area contributed by atoms with Crippen LogP contribution in [0.4, 0.5) is 10.8 Å². The van der Waals surface area contributed by atoms with Gasteiger partial charge >= 0.3 is 0 Å². The molecule has 124 valence electrons. The molecule has 0 aliphatic carbocycles. The molecule has 1 heterocycles. The maximum absolute atomic E-state index is 11.7. The Morgan fingerprint density at radius 1 is 1.35 bits per heavy atom. The third kappa shape index (κ3) is 5.72. The summed E-state index contributed by atoms with van der Waals surface area (Å²) in [6.07, 6.45) is 0.922. The lowest BCUT2D eigenvalue weighted by Gasteiger charge is -2.09. The summed E-state index contributed by atoms with van der Waals surface area (Å²) in [5.74, 6) is 1.17. The number of nitrogens with zero attached hydrogens (tertiary/aromatic N) is 2. The molecule has 23 heavy (non-hydrogen) atoms. The van der Waals surface area contributed by atoms with Gasteiger partial charge in [-0.3, -0.25) is 4.79 Å². The van der Waals surface area contributed by atoms with Crippen molar-refractivity contribution in [2.24, 2.45) is 0 Å². The van der Waals surface area contributed by atoms with Gasteiger partial charge < -0.3 is 15.4 Å². The van der Waals surface area contributed by atoms with E-state index in [1.807, 2.05) is 38.1 Å². The molecule has 0 bridgehead atoms. The predicted molar refractivity (Wildman–Crippen MR) is 94.8 cm³/mol. The normalized spacial score (nSPS) is 11.8. The first-order valence-electron chi connectivity index (χ1n) is 7.27. The summed E-state index contributed by atoms with van der Waals surface area (Å²) in [5.41, 5.74) is 0.910. The fourth-order valence-electron chi connectivity index (χ4n) is 1.66. The molecule has 6 nitrogen and oxygen atoms in total. The number of thioether (sulfide) groups is 1. The summed E-state index contributed by atoms with van der Waals surface area (Å²) in [4.78, 5) is 11.7. The van der Waals surface area contributed by atoms with Gasteiger partial charge in [0.15, 0.2) is 4.34 Å². The van der Waals surface area contributed by atoms with Crippen LogP contribution in [-0.4, -0.2) is 35.0 Å². The van der Waals surface area contributed by atoms with Crippen molar-refractivity contribution in [2.75, 3.05) is 18.2 Å². The van der Waals surface area contributed by atoms with Gasteiger partial charge in [-0.2, -0.15) is 0 Å². The van der Waals surface area contributed by atoms with Crippen molar-refractivity contribution in [3.05, 3.63) is 24.3 Å². The van der Waals surface area contributed by atoms with Crippen LogP contribution in [0.2, 0.25) is 0 Å². The van der Waals surface area contributed by atoms with E-state index in [2.05, 4.69) is 20.8 Å². The summed E-state index contributed by atoms with van der Waals surface area (Å²) in [5, 5.41) is 15.0. The molecule has 2 rings (SSSR count). The van der Waals surface area contributed by atoms with E-state index in [-0.39, 0.29) is 11.9 Å². The molecule has 0 aliphatic heterocycles. The van der Waals surface area contributed by atoms with E-state index in [0.29, 0.717) is 10.9 Å². The highest BCUT2D eigenvalue weighted by molar-refractivity contribution is 8.01. The lowest BCUT2D eigenvalue weighted by molar-refractivity contribution is -0.119. The maximum atomic E-state index is 11.7. The zero-order valence-electron chi connectivity index (χ0n) is 13.3. The number of nitrogens with one attached hydrogen (secondary N) is 2. The first kappa shape index (κ1) is 17.6. The molecule has 2 N–H and O–H groups in total. The molecule has 1 unspecified atom stereocenters. The van der Waals surface area contributed by atoms with Gasteiger partial charge in [-0.05, 0) is 37.6 Å². The molecule has 0 spiro atoms. The maximum Gasteiger partial charge on any atom is 0.230 e. The van der Waals surface area contributed by atoms with Crippen molar-refractivity contribution in [3.63, 3.8) is 0 Å². The first-order chi connectivity index (χ1) is 11.1. The van der Waals surface area contributed by atoms with Crippen LogP contribution < -0.4 is 15.4 Å². The van der Waals surface area contributed by atoms with Gasteiger partial charge in [-0.1, -0.05) is 30.0 Å². The summed E-state index contributed by atoms with van der Waals surface area (Å²) in [6.45, 7) is 4.03. The summed E-state index contributed by atoms with van der Waals surface area (Å²) in [7, 11) is 1.63. The third-order valence-corrected chi connectivity index (χ3v) is 5.07. The van der Waals surface area contributed by atoms with Crippen LogP contribution in [0, 0.1) is 0 Å². The van der Waals surface area contributed by atoms with Crippen molar-refractivity contribution in [1.82, 2.24) is 15.5 Å². The predicted octanol–water partition coefficient (Wildman–Crippen LogP) is 3.30. The molecule has 1 atom stereocenters. The first-order valence-corrected chi connectivity index (χ1v) is 9.07. The van der Waals surface area contributed by atoms with Crippen LogP contribution in [0.3, 0.4) is 0 Å². The molecule has 1 aromatic carbocycles. The topological polar surface area (TPSA) is 76.1 Å². The third-order valence-electron chi connectivity index (χ3n) is 3.09. The molecule has 0 saturated carbocycles. The lowest BCUT2D eigenvalue weighted by atomic mass is 10.3. The van der Waals surface area contributed by atoms with Gasteiger partial charge in [0, 0.05) is 11.7 Å². The highest BCUT2D eigenvalue weighted by Gasteiger charge is 2.10. The van der Waals surface area contributed by atoms with Crippen molar-refractivity contribution >= 4 is 39.8 Å². The zero-order chi connectivity index (χ0) is 16.7. The second kappa shape index (κ2) is 8.73. The smallest absolute Gasteiger partial charge is 0.230 e. The Bertz CT molecular complexity index is 631. The second-order valence-corrected chi connectivity index (χ2v) is 7.09. The molecule has 0 radical (unpaired) electrons. The molecule has 1 aromatic heterocycles. The second-order valence-electron chi connectivity index (χ2n) is 4.89. The van der Waals surface area contributed by atoms with E-state index in [9.17, 15) is 4.79 Å². The SMILES string of the molecule is CCC(C)NC(=O)CSc1nnc(Nc2ccc(OC)cc2)s1. The summed E-state index contributed by atoms with van der Waals surface area (Å²) >= 11 is 2.81. The van der Waals surface area contributed by atoms with Gasteiger partial charge in [-0.15, -0.1) is 10.2 Å². The minimum absolute atomic E-state index is 0.0178. The Kier molecular flexibility index (Phi) is 6.66. The van der Waals surface area contributed by atoms with Gasteiger partial charge in [0.1, 0.15) is 5.75 Å². The molecule has 8 heteroatoms. The van der Waals surface area contributed by atoms with Crippen molar-refractivity contribution in [3.8, 4) is 5.75 Å². The standard InChI is InChI=1S/C15H20N4O2S2/c1-4-10(2)16-13(20)9-22-15-19-18-14(23-15)17-11-5-7-12(21-3)8-6-11/h5-8,10H,4,9H2,1-3H3,(H,16,20)(H,17,18). The molecule has 0 fully saturated rings. The highest BCUT2D eigenvalue weighted by atomic mass is 32.2. The molecule has 2 aromatic rings. The fraction of sp³-hybridized carbons (Fsp3) is 0.400. The quantitative estimate of drug-likeness (QED) is 0.710. The Balaban J connectivity index is 1.84. The van der Waals surface area contributed by atoms with Gasteiger partial charge in [-0.25, -0.2) is 0 Å². The Morgan fingerprint density at radius 3 is 2.74 bits per heavy atom. The highest BCUT2D eigenvalue weighted by Crippen LogP contribution is 2.28. The minimum atomic E-state index is 0.0178. The zero-order valence-corrected chi connectivity index (χ0v) is 15.0. The van der Waals surface area contributed by atoms with E-state index in [4.69, 9.17) is 4.74 Å². The van der Waals surface area contributed by atoms with Crippen molar-refractivity contribution in [2.45, 2.75) is 30.6 Å². The fourth-order valence-corrected chi connectivity index (χ4v) is 3.25. The van der Waals surface area contributed by atoms with E-state index in [0.717, 1.165) is 22.2 Å². The van der Waals surface area contributed by atoms with Crippen LogP contribution in [-0.2, 0) is 4.79 Å². The Labute approximate surface area is 144 Å². The number of methoxy groups -OCH3 is 1. The number of carbonyl (C=O) groups is 1. The number of anilines is 2. The number of rotatable bonds is 8. The van der Waals surface area contributed by atoms with Crippen LogP contribution in [0.5, 0.6) is 5.75 Å². The van der Waals surface area contributed by atoms with Crippen molar-refractivity contribution < 1.29 is 9.53 Å². The van der Waals surface area contributed by atoms with Crippen LogP contribution in [0.15, 0.2) is 28.6 Å². The number of amides is 1. The number of ether oxygens (including phenoxy) is 1.